The SMILES string of the molecule is CSc1ccc(C(OC2CCCCO2)C2OC=CC(=O)C2OCc2ccccc2)cc1. The van der Waals surface area contributed by atoms with E-state index in [1.54, 1.807) is 11.8 Å². The third-order valence-electron chi connectivity index (χ3n) is 5.50. The third-order valence-corrected chi connectivity index (χ3v) is 6.24. The molecule has 6 heteroatoms. The Morgan fingerprint density at radius 1 is 1.10 bits per heavy atom. The predicted octanol–water partition coefficient (Wildman–Crippen LogP) is 5.06. The van der Waals surface area contributed by atoms with Crippen LogP contribution >= 0.6 is 11.8 Å². The number of carbonyl (C=O) groups excluding carboxylic acids is 1. The van der Waals surface area contributed by atoms with Crippen molar-refractivity contribution >= 4 is 17.5 Å². The van der Waals surface area contributed by atoms with Gasteiger partial charge in [0, 0.05) is 17.6 Å². The van der Waals surface area contributed by atoms with Crippen molar-refractivity contribution in [3.8, 4) is 0 Å². The highest BCUT2D eigenvalue weighted by Gasteiger charge is 2.40. The maximum atomic E-state index is 12.8. The van der Waals surface area contributed by atoms with Crippen LogP contribution in [-0.4, -0.2) is 37.1 Å². The number of ketones is 1. The van der Waals surface area contributed by atoms with Crippen molar-refractivity contribution in [1.82, 2.24) is 0 Å². The molecule has 0 aromatic heterocycles. The molecular weight excluding hydrogens is 412 g/mol. The lowest BCUT2D eigenvalue weighted by molar-refractivity contribution is -0.224. The molecule has 1 saturated heterocycles. The summed E-state index contributed by atoms with van der Waals surface area (Å²) in [4.78, 5) is 13.9. The lowest BCUT2D eigenvalue weighted by Crippen LogP contribution is -2.45. The molecule has 2 aliphatic heterocycles. The fraction of sp³-hybridized carbons (Fsp3) is 0.400. The minimum atomic E-state index is -0.765. The molecule has 2 heterocycles. The van der Waals surface area contributed by atoms with Crippen molar-refractivity contribution in [3.63, 3.8) is 0 Å². The van der Waals surface area contributed by atoms with Gasteiger partial charge in [0.25, 0.3) is 0 Å². The van der Waals surface area contributed by atoms with Gasteiger partial charge < -0.3 is 18.9 Å². The predicted molar refractivity (Wildman–Crippen MR) is 120 cm³/mol. The largest absolute Gasteiger partial charge is 0.492 e. The molecule has 4 rings (SSSR count). The molecule has 31 heavy (non-hydrogen) atoms. The summed E-state index contributed by atoms with van der Waals surface area (Å²) < 4.78 is 24.3. The summed E-state index contributed by atoms with van der Waals surface area (Å²) in [6.45, 7) is 1.00. The molecule has 2 aliphatic rings. The van der Waals surface area contributed by atoms with Crippen molar-refractivity contribution in [2.24, 2.45) is 0 Å². The number of carbonyl (C=O) groups is 1. The van der Waals surface area contributed by atoms with Gasteiger partial charge in [0.05, 0.1) is 12.9 Å². The van der Waals surface area contributed by atoms with E-state index >= 15 is 0 Å². The van der Waals surface area contributed by atoms with Gasteiger partial charge in [0.15, 0.2) is 24.3 Å². The van der Waals surface area contributed by atoms with Crippen LogP contribution in [-0.2, 0) is 30.3 Å². The number of thioether (sulfide) groups is 1. The molecule has 0 N–H and O–H groups in total. The second-order valence-electron chi connectivity index (χ2n) is 7.65. The molecule has 0 saturated carbocycles. The molecule has 0 radical (unpaired) electrons. The van der Waals surface area contributed by atoms with Gasteiger partial charge in [-0.25, -0.2) is 0 Å². The maximum absolute atomic E-state index is 12.8. The van der Waals surface area contributed by atoms with Crippen LogP contribution in [0.25, 0.3) is 0 Å². The second kappa shape index (κ2) is 11.0. The third kappa shape index (κ3) is 5.77. The average molecular weight is 441 g/mol. The molecule has 4 atom stereocenters. The van der Waals surface area contributed by atoms with Crippen LogP contribution in [0.2, 0.25) is 0 Å². The smallest absolute Gasteiger partial charge is 0.191 e. The summed E-state index contributed by atoms with van der Waals surface area (Å²) in [7, 11) is 0. The van der Waals surface area contributed by atoms with E-state index in [1.165, 1.54) is 12.3 Å². The van der Waals surface area contributed by atoms with E-state index in [1.807, 2.05) is 48.7 Å². The van der Waals surface area contributed by atoms with Crippen LogP contribution in [0, 0.1) is 0 Å². The van der Waals surface area contributed by atoms with Gasteiger partial charge in [-0.05, 0) is 48.8 Å². The first-order valence-electron chi connectivity index (χ1n) is 10.7. The van der Waals surface area contributed by atoms with Crippen molar-refractivity contribution in [2.45, 2.75) is 55.4 Å². The van der Waals surface area contributed by atoms with Crippen LogP contribution in [0.1, 0.15) is 36.5 Å². The standard InChI is InChI=1S/C25H28O5S/c1-31-20-12-10-19(11-13-20)23(30-22-9-5-6-15-27-22)25-24(21(26)14-16-28-25)29-17-18-7-3-2-4-8-18/h2-4,7-8,10-14,16,22-25H,5-6,9,15,17H2,1H3. The Morgan fingerprint density at radius 2 is 1.90 bits per heavy atom. The Balaban J connectivity index is 1.58. The van der Waals surface area contributed by atoms with Crippen molar-refractivity contribution < 1.29 is 23.7 Å². The zero-order chi connectivity index (χ0) is 21.5. The quantitative estimate of drug-likeness (QED) is 0.535. The Kier molecular flexibility index (Phi) is 7.81. The molecule has 2 aromatic rings. The van der Waals surface area contributed by atoms with E-state index in [9.17, 15) is 4.79 Å². The summed E-state index contributed by atoms with van der Waals surface area (Å²) in [5.41, 5.74) is 1.94. The molecule has 0 bridgehead atoms. The van der Waals surface area contributed by atoms with Gasteiger partial charge in [-0.15, -0.1) is 11.8 Å². The molecule has 1 fully saturated rings. The fourth-order valence-corrected chi connectivity index (χ4v) is 4.22. The van der Waals surface area contributed by atoms with Gasteiger partial charge in [0.2, 0.25) is 0 Å². The number of hydrogen-bond acceptors (Lipinski definition) is 6. The maximum Gasteiger partial charge on any atom is 0.191 e. The van der Waals surface area contributed by atoms with Crippen LogP contribution in [0.5, 0.6) is 0 Å². The fourth-order valence-electron chi connectivity index (χ4n) is 3.81. The second-order valence-corrected chi connectivity index (χ2v) is 8.53. The van der Waals surface area contributed by atoms with E-state index < -0.39 is 18.3 Å². The molecule has 0 spiro atoms. The monoisotopic (exact) mass is 440 g/mol. The van der Waals surface area contributed by atoms with Crippen molar-refractivity contribution in [1.29, 1.82) is 0 Å². The molecular formula is C25H28O5S. The molecule has 0 amide bonds. The topological polar surface area (TPSA) is 54.0 Å². The van der Waals surface area contributed by atoms with Crippen LogP contribution in [0.15, 0.2) is 71.8 Å². The van der Waals surface area contributed by atoms with Gasteiger partial charge in [-0.1, -0.05) is 42.5 Å². The number of hydrogen-bond donors (Lipinski definition) is 0. The first-order valence-corrected chi connectivity index (χ1v) is 11.9. The number of rotatable bonds is 8. The van der Waals surface area contributed by atoms with Crippen molar-refractivity contribution in [2.75, 3.05) is 12.9 Å². The molecule has 2 aromatic carbocycles. The molecule has 0 aliphatic carbocycles. The molecule has 5 nitrogen and oxygen atoms in total. The zero-order valence-corrected chi connectivity index (χ0v) is 18.5. The van der Waals surface area contributed by atoms with Gasteiger partial charge in [-0.2, -0.15) is 0 Å². The van der Waals surface area contributed by atoms with E-state index in [4.69, 9.17) is 18.9 Å². The van der Waals surface area contributed by atoms with Gasteiger partial charge >= 0.3 is 0 Å². The van der Waals surface area contributed by atoms with E-state index in [0.29, 0.717) is 13.2 Å². The summed E-state index contributed by atoms with van der Waals surface area (Å²) in [6, 6.07) is 18.0. The van der Waals surface area contributed by atoms with E-state index in [-0.39, 0.29) is 12.1 Å². The number of benzene rings is 2. The Hall–Kier alpha value is -2.12. The lowest BCUT2D eigenvalue weighted by atomic mass is 9.96. The van der Waals surface area contributed by atoms with Gasteiger partial charge in [0.1, 0.15) is 6.10 Å². The Morgan fingerprint density at radius 3 is 2.61 bits per heavy atom. The number of ether oxygens (including phenoxy) is 4. The van der Waals surface area contributed by atoms with E-state index in [2.05, 4.69) is 12.1 Å². The summed E-state index contributed by atoms with van der Waals surface area (Å²) in [6.07, 6.45) is 5.66. The highest BCUT2D eigenvalue weighted by atomic mass is 32.2. The first kappa shape index (κ1) is 22.1. The Bertz CT molecular complexity index is 861. The summed E-state index contributed by atoms with van der Waals surface area (Å²) in [5, 5.41) is 0. The minimum absolute atomic E-state index is 0.119. The lowest BCUT2D eigenvalue weighted by Gasteiger charge is -2.36. The average Bonchev–Trinajstić information content (AvgIpc) is 2.83. The normalized spacial score (nSPS) is 24.5. The van der Waals surface area contributed by atoms with Crippen LogP contribution in [0.4, 0.5) is 0 Å². The minimum Gasteiger partial charge on any atom is -0.492 e. The highest BCUT2D eigenvalue weighted by Crippen LogP contribution is 2.34. The zero-order valence-electron chi connectivity index (χ0n) is 17.6. The Labute approximate surface area is 187 Å². The highest BCUT2D eigenvalue weighted by molar-refractivity contribution is 7.98. The summed E-state index contributed by atoms with van der Waals surface area (Å²) >= 11 is 1.68. The molecule has 4 unspecified atom stereocenters. The van der Waals surface area contributed by atoms with Crippen molar-refractivity contribution in [3.05, 3.63) is 78.1 Å². The van der Waals surface area contributed by atoms with E-state index in [0.717, 1.165) is 35.3 Å². The van der Waals surface area contributed by atoms with Crippen LogP contribution in [0.3, 0.4) is 0 Å². The summed E-state index contributed by atoms with van der Waals surface area (Å²) in [5.74, 6) is -0.119. The van der Waals surface area contributed by atoms with Gasteiger partial charge in [-0.3, -0.25) is 4.79 Å². The molecule has 164 valence electrons. The first-order chi connectivity index (χ1) is 15.2. The van der Waals surface area contributed by atoms with Crippen LogP contribution < -0.4 is 0 Å².